The Labute approximate surface area is 137 Å². The van der Waals surface area contributed by atoms with E-state index in [-0.39, 0.29) is 18.0 Å². The van der Waals surface area contributed by atoms with E-state index in [0.29, 0.717) is 6.42 Å². The van der Waals surface area contributed by atoms with Crippen molar-refractivity contribution in [1.29, 1.82) is 0 Å². The zero-order valence-corrected chi connectivity index (χ0v) is 14.0. The van der Waals surface area contributed by atoms with Gasteiger partial charge in [-0.3, -0.25) is 4.79 Å². The predicted octanol–water partition coefficient (Wildman–Crippen LogP) is 2.98. The van der Waals surface area contributed by atoms with Crippen LogP contribution in [0.4, 0.5) is 0 Å². The molecule has 5 nitrogen and oxygen atoms in total. The van der Waals surface area contributed by atoms with E-state index in [1.807, 2.05) is 29.2 Å². The summed E-state index contributed by atoms with van der Waals surface area (Å²) in [5, 5.41) is 4.14. The maximum atomic E-state index is 12.8. The first-order valence-corrected chi connectivity index (χ1v) is 8.29. The maximum absolute atomic E-state index is 12.8. The third-order valence-corrected chi connectivity index (χ3v) is 4.80. The second-order valence-corrected chi connectivity index (χ2v) is 6.44. The van der Waals surface area contributed by atoms with E-state index in [1.54, 1.807) is 7.11 Å². The van der Waals surface area contributed by atoms with Gasteiger partial charge in [-0.2, -0.15) is 0 Å². The third-order valence-electron chi connectivity index (χ3n) is 4.80. The van der Waals surface area contributed by atoms with Crippen LogP contribution in [0.25, 0.3) is 0 Å². The molecule has 124 valence electrons. The number of amides is 1. The summed E-state index contributed by atoms with van der Waals surface area (Å²) in [6, 6.07) is 8.23. The molecular weight excluding hydrogens is 292 g/mol. The van der Waals surface area contributed by atoms with Crippen molar-refractivity contribution in [1.82, 2.24) is 4.90 Å². The molecular formula is C18H24N2O3. The average Bonchev–Trinajstić information content (AvgIpc) is 3.04. The van der Waals surface area contributed by atoms with Crippen LogP contribution in [-0.2, 0) is 9.63 Å². The molecule has 0 aliphatic carbocycles. The standard InChI is InChI=1S/C18H24N2O3/c1-12-6-4-7-13(2)20(12)18(21)17-11-16(19-23-17)14-8-5-9-15(10-14)22-3/h5,8-10,12-13,17H,4,6-7,11H2,1-3H3/t12-,13+,17-/m1/s1. The van der Waals surface area contributed by atoms with Gasteiger partial charge in [-0.25, -0.2) is 0 Å². The van der Waals surface area contributed by atoms with E-state index >= 15 is 0 Å². The molecule has 0 spiro atoms. The zero-order valence-electron chi connectivity index (χ0n) is 14.0. The number of methoxy groups -OCH3 is 1. The monoisotopic (exact) mass is 316 g/mol. The fraction of sp³-hybridized carbons (Fsp3) is 0.556. The van der Waals surface area contributed by atoms with Crippen molar-refractivity contribution in [2.24, 2.45) is 5.16 Å². The number of carbonyl (C=O) groups is 1. The van der Waals surface area contributed by atoms with E-state index in [1.165, 1.54) is 6.42 Å². The van der Waals surface area contributed by atoms with Gasteiger partial charge in [-0.1, -0.05) is 17.3 Å². The van der Waals surface area contributed by atoms with Crippen LogP contribution in [0.5, 0.6) is 5.75 Å². The Hall–Kier alpha value is -2.04. The van der Waals surface area contributed by atoms with Gasteiger partial charge in [-0.05, 0) is 45.2 Å². The van der Waals surface area contributed by atoms with Gasteiger partial charge in [0.15, 0.2) is 0 Å². The molecule has 0 radical (unpaired) electrons. The van der Waals surface area contributed by atoms with Crippen molar-refractivity contribution in [2.75, 3.05) is 7.11 Å². The molecule has 1 fully saturated rings. The van der Waals surface area contributed by atoms with Gasteiger partial charge in [0.25, 0.3) is 5.91 Å². The first kappa shape index (κ1) is 15.8. The Balaban J connectivity index is 1.69. The molecule has 3 rings (SSSR count). The van der Waals surface area contributed by atoms with E-state index < -0.39 is 6.10 Å². The molecule has 0 unspecified atom stereocenters. The quantitative estimate of drug-likeness (QED) is 0.861. The Kier molecular flexibility index (Phi) is 4.55. The molecule has 2 aliphatic heterocycles. The largest absolute Gasteiger partial charge is 0.497 e. The van der Waals surface area contributed by atoms with E-state index in [9.17, 15) is 4.79 Å². The highest BCUT2D eigenvalue weighted by Crippen LogP contribution is 2.27. The number of hydrogen-bond acceptors (Lipinski definition) is 4. The third kappa shape index (κ3) is 3.19. The maximum Gasteiger partial charge on any atom is 0.267 e. The Morgan fingerprint density at radius 3 is 2.74 bits per heavy atom. The number of nitrogens with zero attached hydrogens (tertiary/aromatic N) is 2. The molecule has 0 bridgehead atoms. The molecule has 0 N–H and O–H groups in total. The summed E-state index contributed by atoms with van der Waals surface area (Å²) >= 11 is 0. The number of rotatable bonds is 3. The van der Waals surface area contributed by atoms with Gasteiger partial charge in [0, 0.05) is 24.1 Å². The molecule has 2 aliphatic rings. The van der Waals surface area contributed by atoms with E-state index in [0.717, 1.165) is 29.9 Å². The second kappa shape index (κ2) is 6.60. The molecule has 1 aromatic rings. The van der Waals surface area contributed by atoms with Crippen LogP contribution in [0.2, 0.25) is 0 Å². The number of oxime groups is 1. The van der Waals surface area contributed by atoms with Crippen LogP contribution in [0.3, 0.4) is 0 Å². The highest BCUT2D eigenvalue weighted by molar-refractivity contribution is 6.04. The molecule has 1 aromatic carbocycles. The Morgan fingerprint density at radius 2 is 2.04 bits per heavy atom. The first-order chi connectivity index (χ1) is 11.1. The fourth-order valence-electron chi connectivity index (χ4n) is 3.50. The van der Waals surface area contributed by atoms with E-state index in [4.69, 9.17) is 9.57 Å². The van der Waals surface area contributed by atoms with Crippen molar-refractivity contribution >= 4 is 11.6 Å². The van der Waals surface area contributed by atoms with Gasteiger partial charge in [0.2, 0.25) is 6.10 Å². The molecule has 0 aromatic heterocycles. The van der Waals surface area contributed by atoms with Gasteiger partial charge < -0.3 is 14.5 Å². The van der Waals surface area contributed by atoms with Crippen molar-refractivity contribution in [3.8, 4) is 5.75 Å². The molecule has 0 saturated carbocycles. The highest BCUT2D eigenvalue weighted by atomic mass is 16.6. The normalized spacial score (nSPS) is 27.3. The van der Waals surface area contributed by atoms with Crippen LogP contribution >= 0.6 is 0 Å². The highest BCUT2D eigenvalue weighted by Gasteiger charge is 2.37. The van der Waals surface area contributed by atoms with Crippen LogP contribution in [0, 0.1) is 0 Å². The molecule has 3 atom stereocenters. The van der Waals surface area contributed by atoms with Crippen LogP contribution in [0.1, 0.15) is 45.1 Å². The summed E-state index contributed by atoms with van der Waals surface area (Å²) in [7, 11) is 1.64. The number of piperidine rings is 1. The summed E-state index contributed by atoms with van der Waals surface area (Å²) in [6.45, 7) is 4.23. The summed E-state index contributed by atoms with van der Waals surface area (Å²) in [5.74, 6) is 0.838. The number of ether oxygens (including phenoxy) is 1. The summed E-state index contributed by atoms with van der Waals surface area (Å²) in [5.41, 5.74) is 1.75. The topological polar surface area (TPSA) is 51.1 Å². The SMILES string of the molecule is COc1cccc(C2=NO[C@@H](C(=O)N3[C@H](C)CCC[C@@H]3C)C2)c1. The van der Waals surface area contributed by atoms with Crippen molar-refractivity contribution in [3.63, 3.8) is 0 Å². The lowest BCUT2D eigenvalue weighted by atomic mass is 9.96. The van der Waals surface area contributed by atoms with Crippen molar-refractivity contribution < 1.29 is 14.4 Å². The summed E-state index contributed by atoms with van der Waals surface area (Å²) in [6.07, 6.45) is 3.32. The second-order valence-electron chi connectivity index (χ2n) is 6.44. The predicted molar refractivity (Wildman–Crippen MR) is 88.6 cm³/mol. The lowest BCUT2D eigenvalue weighted by Gasteiger charge is -2.39. The molecule has 1 saturated heterocycles. The minimum Gasteiger partial charge on any atom is -0.497 e. The Morgan fingerprint density at radius 1 is 1.30 bits per heavy atom. The average molecular weight is 316 g/mol. The van der Waals surface area contributed by atoms with Gasteiger partial charge >= 0.3 is 0 Å². The van der Waals surface area contributed by atoms with Crippen molar-refractivity contribution in [3.05, 3.63) is 29.8 Å². The van der Waals surface area contributed by atoms with Gasteiger partial charge in [0.1, 0.15) is 5.75 Å². The number of benzene rings is 1. The smallest absolute Gasteiger partial charge is 0.267 e. The van der Waals surface area contributed by atoms with Crippen LogP contribution < -0.4 is 4.74 Å². The van der Waals surface area contributed by atoms with Crippen LogP contribution in [0.15, 0.2) is 29.4 Å². The minimum atomic E-state index is -0.501. The fourth-order valence-corrected chi connectivity index (χ4v) is 3.50. The Bertz CT molecular complexity index is 604. The molecule has 2 heterocycles. The van der Waals surface area contributed by atoms with Gasteiger partial charge in [0.05, 0.1) is 12.8 Å². The molecule has 1 amide bonds. The molecule has 5 heteroatoms. The first-order valence-electron chi connectivity index (χ1n) is 8.29. The zero-order chi connectivity index (χ0) is 16.4. The number of carbonyl (C=O) groups excluding carboxylic acids is 1. The minimum absolute atomic E-state index is 0.0614. The summed E-state index contributed by atoms with van der Waals surface area (Å²) in [4.78, 5) is 20.3. The lowest BCUT2D eigenvalue weighted by Crippen LogP contribution is -2.51. The number of hydrogen-bond donors (Lipinski definition) is 0. The number of likely N-dealkylation sites (tertiary alicyclic amines) is 1. The van der Waals surface area contributed by atoms with Crippen molar-refractivity contribution in [2.45, 2.75) is 57.7 Å². The summed E-state index contributed by atoms with van der Waals surface area (Å²) < 4.78 is 5.24. The van der Waals surface area contributed by atoms with Gasteiger partial charge in [-0.15, -0.1) is 0 Å². The lowest BCUT2D eigenvalue weighted by molar-refractivity contribution is -0.148. The van der Waals surface area contributed by atoms with E-state index in [2.05, 4.69) is 19.0 Å². The molecule has 23 heavy (non-hydrogen) atoms. The van der Waals surface area contributed by atoms with Crippen LogP contribution in [-0.4, -0.2) is 41.8 Å².